The van der Waals surface area contributed by atoms with E-state index >= 15 is 0 Å². The van der Waals surface area contributed by atoms with Crippen LogP contribution in [-0.4, -0.2) is 37.2 Å². The first-order valence-electron chi connectivity index (χ1n) is 9.52. The van der Waals surface area contributed by atoms with Gasteiger partial charge in [0.25, 0.3) is 0 Å². The summed E-state index contributed by atoms with van der Waals surface area (Å²) in [4.78, 5) is 4.44. The Balaban J connectivity index is 1.81. The smallest absolute Gasteiger partial charge is 0.222 e. The van der Waals surface area contributed by atoms with Gasteiger partial charge in [-0.25, -0.2) is 9.37 Å². The second-order valence-corrected chi connectivity index (χ2v) is 7.44. The quantitative estimate of drug-likeness (QED) is 0.621. The lowest BCUT2D eigenvalue weighted by atomic mass is 9.97. The van der Waals surface area contributed by atoms with Gasteiger partial charge in [0.15, 0.2) is 11.5 Å². The number of hydrogen-bond acceptors (Lipinski definition) is 6. The maximum absolute atomic E-state index is 13.9. The van der Waals surface area contributed by atoms with Crippen LogP contribution in [0.15, 0.2) is 42.5 Å². The summed E-state index contributed by atoms with van der Waals surface area (Å²) in [5, 5.41) is 11.1. The van der Waals surface area contributed by atoms with E-state index in [1.807, 2.05) is 19.9 Å². The van der Waals surface area contributed by atoms with Crippen LogP contribution in [-0.2, 0) is 9.47 Å². The Labute approximate surface area is 173 Å². The second kappa shape index (κ2) is 7.90. The molecular formula is C23H21FN2O4. The number of pyridine rings is 1. The monoisotopic (exact) mass is 408 g/mol. The summed E-state index contributed by atoms with van der Waals surface area (Å²) in [5.41, 5.74) is 1.22. The highest BCUT2D eigenvalue weighted by Crippen LogP contribution is 2.38. The van der Waals surface area contributed by atoms with Crippen molar-refractivity contribution >= 4 is 10.8 Å². The lowest BCUT2D eigenvalue weighted by Crippen LogP contribution is -2.25. The Kier molecular flexibility index (Phi) is 5.29. The normalized spacial score (nSPS) is 17.6. The zero-order chi connectivity index (χ0) is 21.3. The lowest BCUT2D eigenvalue weighted by molar-refractivity contribution is -0.141. The molecule has 0 bridgehead atoms. The minimum Gasteiger partial charge on any atom is -0.497 e. The zero-order valence-corrected chi connectivity index (χ0v) is 16.9. The molecule has 2 aromatic carbocycles. The highest BCUT2D eigenvalue weighted by atomic mass is 19.1. The van der Waals surface area contributed by atoms with E-state index in [4.69, 9.17) is 18.9 Å². The SMILES string of the molecule is COc1ccc2c(OC[C@@H]3COC(C)(C)O3)nc(C#N)c(-c3cccc(F)c3)c2c1. The van der Waals surface area contributed by atoms with Crippen molar-refractivity contribution < 1.29 is 23.3 Å². The molecule has 0 saturated carbocycles. The summed E-state index contributed by atoms with van der Waals surface area (Å²) < 4.78 is 36.5. The van der Waals surface area contributed by atoms with E-state index < -0.39 is 11.6 Å². The maximum atomic E-state index is 13.9. The molecule has 154 valence electrons. The molecule has 1 aliphatic rings. The third-order valence-corrected chi connectivity index (χ3v) is 4.87. The zero-order valence-electron chi connectivity index (χ0n) is 16.9. The summed E-state index contributed by atoms with van der Waals surface area (Å²) >= 11 is 0. The van der Waals surface area contributed by atoms with Crippen LogP contribution < -0.4 is 9.47 Å². The summed E-state index contributed by atoms with van der Waals surface area (Å²) in [7, 11) is 1.56. The molecule has 0 aliphatic carbocycles. The molecule has 1 saturated heterocycles. The van der Waals surface area contributed by atoms with Crippen LogP contribution in [0.3, 0.4) is 0 Å². The van der Waals surface area contributed by atoms with Gasteiger partial charge in [0.05, 0.1) is 13.7 Å². The number of benzene rings is 2. The fourth-order valence-electron chi connectivity index (χ4n) is 3.53. The molecule has 1 atom stereocenters. The fraction of sp³-hybridized carbons (Fsp3) is 0.304. The highest BCUT2D eigenvalue weighted by Gasteiger charge is 2.33. The summed E-state index contributed by atoms with van der Waals surface area (Å²) in [6.07, 6.45) is -0.247. The van der Waals surface area contributed by atoms with Crippen LogP contribution in [0.4, 0.5) is 4.39 Å². The third kappa shape index (κ3) is 3.92. The molecule has 1 aromatic heterocycles. The van der Waals surface area contributed by atoms with Crippen molar-refractivity contribution in [1.29, 1.82) is 5.26 Å². The van der Waals surface area contributed by atoms with Crippen molar-refractivity contribution in [2.24, 2.45) is 0 Å². The number of hydrogen-bond donors (Lipinski definition) is 0. The van der Waals surface area contributed by atoms with Gasteiger partial charge in [0, 0.05) is 16.3 Å². The predicted octanol–water partition coefficient (Wildman–Crippen LogP) is 4.45. The van der Waals surface area contributed by atoms with Crippen LogP contribution in [0.5, 0.6) is 11.6 Å². The van der Waals surface area contributed by atoms with Gasteiger partial charge in [-0.15, -0.1) is 0 Å². The number of aromatic nitrogens is 1. The van der Waals surface area contributed by atoms with Gasteiger partial charge in [-0.1, -0.05) is 12.1 Å². The molecule has 0 amide bonds. The van der Waals surface area contributed by atoms with Gasteiger partial charge in [0.2, 0.25) is 5.88 Å². The van der Waals surface area contributed by atoms with E-state index in [1.165, 1.54) is 12.1 Å². The predicted molar refractivity (Wildman–Crippen MR) is 109 cm³/mol. The first kappa shape index (κ1) is 20.1. The summed E-state index contributed by atoms with van der Waals surface area (Å²) in [6.45, 7) is 4.32. The average molecular weight is 408 g/mol. The standard InChI is InChI=1S/C23H21FN2O4/c1-23(2)29-13-17(30-23)12-28-22-18-8-7-16(27-3)10-19(18)21(20(11-25)26-22)14-5-4-6-15(24)9-14/h4-10,17H,12-13H2,1-3H3/t17-/m1/s1. The molecule has 0 unspecified atom stereocenters. The molecule has 3 aromatic rings. The van der Waals surface area contributed by atoms with Crippen LogP contribution in [0.25, 0.3) is 21.9 Å². The maximum Gasteiger partial charge on any atom is 0.222 e. The summed E-state index contributed by atoms with van der Waals surface area (Å²) in [5.74, 6) is -0.141. The van der Waals surface area contributed by atoms with Gasteiger partial charge in [-0.3, -0.25) is 0 Å². The van der Waals surface area contributed by atoms with Gasteiger partial charge in [-0.05, 0) is 49.7 Å². The molecular weight excluding hydrogens is 387 g/mol. The van der Waals surface area contributed by atoms with Crippen molar-refractivity contribution in [3.63, 3.8) is 0 Å². The van der Waals surface area contributed by atoms with E-state index in [0.717, 1.165) is 0 Å². The van der Waals surface area contributed by atoms with Gasteiger partial charge < -0.3 is 18.9 Å². The molecule has 30 heavy (non-hydrogen) atoms. The fourth-order valence-corrected chi connectivity index (χ4v) is 3.53. The second-order valence-electron chi connectivity index (χ2n) is 7.44. The largest absolute Gasteiger partial charge is 0.497 e. The number of nitriles is 1. The molecule has 4 rings (SSSR count). The molecule has 1 fully saturated rings. The number of nitrogens with zero attached hydrogens (tertiary/aromatic N) is 2. The molecule has 0 N–H and O–H groups in total. The molecule has 7 heteroatoms. The van der Waals surface area contributed by atoms with Crippen molar-refractivity contribution in [2.45, 2.75) is 25.7 Å². The number of rotatable bonds is 5. The minimum atomic E-state index is -0.657. The van der Waals surface area contributed by atoms with Crippen molar-refractivity contribution in [1.82, 2.24) is 4.98 Å². The van der Waals surface area contributed by atoms with E-state index in [-0.39, 0.29) is 18.4 Å². The van der Waals surface area contributed by atoms with Crippen molar-refractivity contribution in [2.75, 3.05) is 20.3 Å². The Morgan fingerprint density at radius 3 is 2.73 bits per heavy atom. The topological polar surface area (TPSA) is 73.6 Å². The summed E-state index contributed by atoms with van der Waals surface area (Å²) in [6, 6.07) is 13.6. The molecule has 0 spiro atoms. The first-order chi connectivity index (χ1) is 14.4. The minimum absolute atomic E-state index is 0.139. The third-order valence-electron chi connectivity index (χ3n) is 4.87. The molecule has 2 heterocycles. The molecule has 1 aliphatic heterocycles. The van der Waals surface area contributed by atoms with Crippen LogP contribution >= 0.6 is 0 Å². The number of fused-ring (bicyclic) bond motifs is 1. The van der Waals surface area contributed by atoms with E-state index in [9.17, 15) is 9.65 Å². The van der Waals surface area contributed by atoms with E-state index in [0.29, 0.717) is 40.1 Å². The van der Waals surface area contributed by atoms with Crippen molar-refractivity contribution in [3.05, 3.63) is 54.0 Å². The number of methoxy groups -OCH3 is 1. The van der Waals surface area contributed by atoms with Gasteiger partial charge in [-0.2, -0.15) is 5.26 Å². The lowest BCUT2D eigenvalue weighted by Gasteiger charge is -2.18. The van der Waals surface area contributed by atoms with Gasteiger partial charge in [0.1, 0.15) is 30.3 Å². The number of halogens is 1. The van der Waals surface area contributed by atoms with Crippen LogP contribution in [0.2, 0.25) is 0 Å². The Morgan fingerprint density at radius 2 is 2.07 bits per heavy atom. The first-order valence-corrected chi connectivity index (χ1v) is 9.52. The average Bonchev–Trinajstić information content (AvgIpc) is 3.09. The highest BCUT2D eigenvalue weighted by molar-refractivity contribution is 6.01. The molecule has 0 radical (unpaired) electrons. The Morgan fingerprint density at radius 1 is 1.23 bits per heavy atom. The van der Waals surface area contributed by atoms with E-state index in [2.05, 4.69) is 11.1 Å². The van der Waals surface area contributed by atoms with Gasteiger partial charge >= 0.3 is 0 Å². The molecule has 6 nitrogen and oxygen atoms in total. The van der Waals surface area contributed by atoms with E-state index in [1.54, 1.807) is 31.4 Å². The van der Waals surface area contributed by atoms with Crippen LogP contribution in [0, 0.1) is 17.1 Å². The number of ether oxygens (including phenoxy) is 4. The van der Waals surface area contributed by atoms with Crippen LogP contribution in [0.1, 0.15) is 19.5 Å². The van der Waals surface area contributed by atoms with Crippen molar-refractivity contribution in [3.8, 4) is 28.8 Å². The Bertz CT molecular complexity index is 1140. The Hall–Kier alpha value is -3.21.